The number of hydrogen-bond acceptors (Lipinski definition) is 1. The van der Waals surface area contributed by atoms with Crippen molar-refractivity contribution in [3.05, 3.63) is 95.8 Å². The molecule has 0 radical (unpaired) electrons. The molecule has 0 spiro atoms. The average Bonchev–Trinajstić information content (AvgIpc) is 2.74. The van der Waals surface area contributed by atoms with Crippen molar-refractivity contribution < 1.29 is 9.18 Å². The van der Waals surface area contributed by atoms with E-state index in [2.05, 4.69) is 5.32 Å². The van der Waals surface area contributed by atoms with Gasteiger partial charge in [-0.05, 0) is 34.6 Å². The molecule has 0 aliphatic rings. The molecule has 0 aromatic heterocycles. The molecule has 0 aliphatic carbocycles. The summed E-state index contributed by atoms with van der Waals surface area (Å²) < 4.78 is 15.7. The summed E-state index contributed by atoms with van der Waals surface area (Å²) in [5.41, 5.74) is 4.34. The van der Waals surface area contributed by atoms with Crippen LogP contribution >= 0.6 is 0 Å². The van der Waals surface area contributed by atoms with E-state index in [1.807, 2.05) is 67.6 Å². The van der Waals surface area contributed by atoms with Gasteiger partial charge in [0.15, 0.2) is 0 Å². The molecule has 0 bridgehead atoms. The minimum Gasteiger partial charge on any atom is -0.355 e. The van der Waals surface area contributed by atoms with Crippen molar-refractivity contribution in [2.45, 2.75) is 6.92 Å². The van der Waals surface area contributed by atoms with Gasteiger partial charge in [0, 0.05) is 18.0 Å². The second-order valence-electron chi connectivity index (χ2n) is 6.73. The smallest absolute Gasteiger partial charge is 0.251 e. The standard InChI is InChI=1S/C25H20FNO/c1-16-22(19-13-7-6-12-18(19)17-10-4-3-5-11-17)24(26)21-15-9-8-14-20(21)23(16)25(28)27-2/h3-15H,1-2H3,(H,27,28). The molecule has 1 amide bonds. The number of hydrogen-bond donors (Lipinski definition) is 1. The summed E-state index contributed by atoms with van der Waals surface area (Å²) in [6.45, 7) is 1.82. The largest absolute Gasteiger partial charge is 0.355 e. The molecule has 0 heterocycles. The van der Waals surface area contributed by atoms with Gasteiger partial charge in [0.1, 0.15) is 5.82 Å². The fourth-order valence-electron chi connectivity index (χ4n) is 3.83. The van der Waals surface area contributed by atoms with E-state index in [1.165, 1.54) is 0 Å². The highest BCUT2D eigenvalue weighted by atomic mass is 19.1. The maximum Gasteiger partial charge on any atom is 0.251 e. The highest BCUT2D eigenvalue weighted by molar-refractivity contribution is 6.11. The lowest BCUT2D eigenvalue weighted by molar-refractivity contribution is 0.0964. The van der Waals surface area contributed by atoms with Gasteiger partial charge in [0.25, 0.3) is 5.91 Å². The Morgan fingerprint density at radius 1 is 0.786 bits per heavy atom. The Bertz CT molecular complexity index is 1180. The molecule has 0 fully saturated rings. The molecule has 0 aliphatic heterocycles. The van der Waals surface area contributed by atoms with Crippen molar-refractivity contribution >= 4 is 16.7 Å². The third-order valence-electron chi connectivity index (χ3n) is 5.14. The lowest BCUT2D eigenvalue weighted by Crippen LogP contribution is -2.20. The molecule has 4 aromatic rings. The molecule has 4 rings (SSSR count). The summed E-state index contributed by atoms with van der Waals surface area (Å²) in [6, 6.07) is 24.8. The van der Waals surface area contributed by atoms with Crippen LogP contribution in [-0.4, -0.2) is 13.0 Å². The van der Waals surface area contributed by atoms with Crippen LogP contribution in [0.2, 0.25) is 0 Å². The maximum absolute atomic E-state index is 15.7. The molecule has 0 unspecified atom stereocenters. The van der Waals surface area contributed by atoms with Gasteiger partial charge in [0.2, 0.25) is 0 Å². The number of carbonyl (C=O) groups is 1. The third kappa shape index (κ3) is 2.85. The summed E-state index contributed by atoms with van der Waals surface area (Å²) in [5, 5.41) is 3.77. The molecule has 138 valence electrons. The topological polar surface area (TPSA) is 29.1 Å². The molecule has 3 heteroatoms. The van der Waals surface area contributed by atoms with Crippen molar-refractivity contribution in [1.29, 1.82) is 0 Å². The fraction of sp³-hybridized carbons (Fsp3) is 0.0800. The molecule has 4 aromatic carbocycles. The summed E-state index contributed by atoms with van der Waals surface area (Å²) in [5.74, 6) is -0.517. The lowest BCUT2D eigenvalue weighted by atomic mass is 9.86. The molecule has 1 N–H and O–H groups in total. The highest BCUT2D eigenvalue weighted by Gasteiger charge is 2.23. The van der Waals surface area contributed by atoms with Crippen molar-refractivity contribution in [2.75, 3.05) is 7.05 Å². The minimum absolute atomic E-state index is 0.216. The maximum atomic E-state index is 15.7. The summed E-state index contributed by atoms with van der Waals surface area (Å²) in [7, 11) is 1.59. The van der Waals surface area contributed by atoms with Crippen LogP contribution in [0.5, 0.6) is 0 Å². The van der Waals surface area contributed by atoms with Gasteiger partial charge in [-0.2, -0.15) is 0 Å². The van der Waals surface area contributed by atoms with E-state index in [4.69, 9.17) is 0 Å². The Labute approximate surface area is 163 Å². The van der Waals surface area contributed by atoms with Crippen LogP contribution in [0.25, 0.3) is 33.0 Å². The van der Waals surface area contributed by atoms with Gasteiger partial charge in [0.05, 0.1) is 5.56 Å². The fourth-order valence-corrected chi connectivity index (χ4v) is 3.83. The molecular weight excluding hydrogens is 349 g/mol. The number of fused-ring (bicyclic) bond motifs is 1. The van der Waals surface area contributed by atoms with E-state index in [0.29, 0.717) is 27.5 Å². The highest BCUT2D eigenvalue weighted by Crippen LogP contribution is 2.40. The zero-order valence-electron chi connectivity index (χ0n) is 15.8. The second kappa shape index (κ2) is 7.28. The SMILES string of the molecule is CNC(=O)c1c(C)c(-c2ccccc2-c2ccccc2)c(F)c2ccccc12. The monoisotopic (exact) mass is 369 g/mol. The van der Waals surface area contributed by atoms with Gasteiger partial charge in [-0.1, -0.05) is 78.9 Å². The molecule has 2 nitrogen and oxygen atoms in total. The van der Waals surface area contributed by atoms with Gasteiger partial charge >= 0.3 is 0 Å². The van der Waals surface area contributed by atoms with Crippen molar-refractivity contribution in [2.24, 2.45) is 0 Å². The van der Waals surface area contributed by atoms with E-state index >= 15 is 4.39 Å². The Kier molecular flexibility index (Phi) is 4.66. The second-order valence-corrected chi connectivity index (χ2v) is 6.73. The first-order valence-corrected chi connectivity index (χ1v) is 9.21. The van der Waals surface area contributed by atoms with Crippen molar-refractivity contribution in [3.8, 4) is 22.3 Å². The first kappa shape index (κ1) is 17.9. The van der Waals surface area contributed by atoms with E-state index < -0.39 is 0 Å². The zero-order valence-corrected chi connectivity index (χ0v) is 15.8. The van der Waals surface area contributed by atoms with Gasteiger partial charge < -0.3 is 5.32 Å². The Hall–Kier alpha value is -3.46. The lowest BCUT2D eigenvalue weighted by Gasteiger charge is -2.18. The van der Waals surface area contributed by atoms with Crippen molar-refractivity contribution in [3.63, 3.8) is 0 Å². The number of amides is 1. The normalized spacial score (nSPS) is 10.8. The number of benzene rings is 4. The predicted octanol–water partition coefficient (Wildman–Crippen LogP) is 5.98. The van der Waals surface area contributed by atoms with Crippen molar-refractivity contribution in [1.82, 2.24) is 5.32 Å². The molecule has 28 heavy (non-hydrogen) atoms. The Balaban J connectivity index is 2.11. The van der Waals surface area contributed by atoms with Gasteiger partial charge in [-0.3, -0.25) is 4.79 Å². The average molecular weight is 369 g/mol. The summed E-state index contributed by atoms with van der Waals surface area (Å²) in [6.07, 6.45) is 0. The van der Waals surface area contributed by atoms with Gasteiger partial charge in [-0.25, -0.2) is 4.39 Å². The third-order valence-corrected chi connectivity index (χ3v) is 5.14. The molecule has 0 atom stereocenters. The van der Waals surface area contributed by atoms with Gasteiger partial charge in [-0.15, -0.1) is 0 Å². The van der Waals surface area contributed by atoms with Crippen LogP contribution in [0, 0.1) is 12.7 Å². The predicted molar refractivity (Wildman–Crippen MR) is 113 cm³/mol. The minimum atomic E-state index is -0.302. The van der Waals surface area contributed by atoms with E-state index in [9.17, 15) is 4.79 Å². The summed E-state index contributed by atoms with van der Waals surface area (Å²) >= 11 is 0. The first-order valence-electron chi connectivity index (χ1n) is 9.21. The van der Waals surface area contributed by atoms with Crippen LogP contribution in [-0.2, 0) is 0 Å². The van der Waals surface area contributed by atoms with E-state index in [1.54, 1.807) is 25.2 Å². The van der Waals surface area contributed by atoms with Crippen LogP contribution in [0.4, 0.5) is 4.39 Å². The zero-order chi connectivity index (χ0) is 19.7. The van der Waals surface area contributed by atoms with E-state index in [-0.39, 0.29) is 11.7 Å². The number of carbonyl (C=O) groups excluding carboxylic acids is 1. The summed E-state index contributed by atoms with van der Waals surface area (Å²) in [4.78, 5) is 12.7. The molecular formula is C25H20FNO. The first-order chi connectivity index (χ1) is 13.6. The number of rotatable bonds is 3. The number of nitrogens with one attached hydrogen (secondary N) is 1. The van der Waals surface area contributed by atoms with Crippen LogP contribution in [0.15, 0.2) is 78.9 Å². The number of halogens is 1. The molecule has 0 saturated heterocycles. The van der Waals surface area contributed by atoms with E-state index in [0.717, 1.165) is 16.7 Å². The Morgan fingerprint density at radius 3 is 2.04 bits per heavy atom. The Morgan fingerprint density at radius 2 is 1.36 bits per heavy atom. The molecule has 0 saturated carbocycles. The van der Waals surface area contributed by atoms with Crippen LogP contribution < -0.4 is 5.32 Å². The van der Waals surface area contributed by atoms with Crippen LogP contribution in [0.3, 0.4) is 0 Å². The van der Waals surface area contributed by atoms with Crippen LogP contribution in [0.1, 0.15) is 15.9 Å². The quantitative estimate of drug-likeness (QED) is 0.473.